The standard InChI is InChI=1S/C18H18O/c1-13-11-15(3)17(12-14(13)2)18(19)10-9-16-7-5-4-6-8-16/h4-12H,1-3H3. The molecule has 0 aromatic heterocycles. The SMILES string of the molecule is Cc1cc(C)c(C(=O)C=Cc2ccccc2)cc1C. The second-order valence-corrected chi connectivity index (χ2v) is 4.86. The zero-order valence-electron chi connectivity index (χ0n) is 11.6. The van der Waals surface area contributed by atoms with Crippen molar-refractivity contribution >= 4 is 11.9 Å². The lowest BCUT2D eigenvalue weighted by molar-refractivity contribution is 0.104. The van der Waals surface area contributed by atoms with E-state index in [2.05, 4.69) is 13.0 Å². The number of aryl methyl sites for hydroxylation is 3. The summed E-state index contributed by atoms with van der Waals surface area (Å²) in [6, 6.07) is 13.9. The van der Waals surface area contributed by atoms with Crippen LogP contribution >= 0.6 is 0 Å². The molecule has 2 aromatic rings. The lowest BCUT2D eigenvalue weighted by Crippen LogP contribution is -2.00. The number of allylic oxidation sites excluding steroid dienone is 1. The molecule has 2 rings (SSSR count). The summed E-state index contributed by atoms with van der Waals surface area (Å²) in [4.78, 5) is 12.2. The Balaban J connectivity index is 2.26. The number of ketones is 1. The van der Waals surface area contributed by atoms with E-state index in [9.17, 15) is 4.79 Å². The Bertz CT molecular complexity index is 622. The lowest BCUT2D eigenvalue weighted by atomic mass is 9.97. The first-order chi connectivity index (χ1) is 9.08. The van der Waals surface area contributed by atoms with Crippen LogP contribution in [0.25, 0.3) is 6.08 Å². The Morgan fingerprint density at radius 2 is 1.53 bits per heavy atom. The summed E-state index contributed by atoms with van der Waals surface area (Å²) in [6.07, 6.45) is 3.50. The Morgan fingerprint density at radius 3 is 2.21 bits per heavy atom. The first-order valence-electron chi connectivity index (χ1n) is 6.43. The third kappa shape index (κ3) is 3.19. The van der Waals surface area contributed by atoms with Gasteiger partial charge in [0.1, 0.15) is 0 Å². The van der Waals surface area contributed by atoms with E-state index in [0.29, 0.717) is 0 Å². The minimum Gasteiger partial charge on any atom is -0.289 e. The smallest absolute Gasteiger partial charge is 0.186 e. The highest BCUT2D eigenvalue weighted by Crippen LogP contribution is 2.16. The normalized spacial score (nSPS) is 10.9. The molecule has 2 aromatic carbocycles. The second-order valence-electron chi connectivity index (χ2n) is 4.86. The van der Waals surface area contributed by atoms with Crippen LogP contribution in [-0.2, 0) is 0 Å². The molecule has 96 valence electrons. The molecule has 0 aliphatic carbocycles. The average molecular weight is 250 g/mol. The Morgan fingerprint density at radius 1 is 0.895 bits per heavy atom. The van der Waals surface area contributed by atoms with Crippen LogP contribution in [0.2, 0.25) is 0 Å². The molecule has 0 unspecified atom stereocenters. The van der Waals surface area contributed by atoms with Gasteiger partial charge < -0.3 is 0 Å². The predicted octanol–water partition coefficient (Wildman–Crippen LogP) is 4.51. The number of carbonyl (C=O) groups is 1. The monoisotopic (exact) mass is 250 g/mol. The Labute approximate surface area is 114 Å². The fourth-order valence-electron chi connectivity index (χ4n) is 2.05. The van der Waals surface area contributed by atoms with E-state index in [4.69, 9.17) is 0 Å². The summed E-state index contributed by atoms with van der Waals surface area (Å²) >= 11 is 0. The van der Waals surface area contributed by atoms with Crippen molar-refractivity contribution in [3.63, 3.8) is 0 Å². The quantitative estimate of drug-likeness (QED) is 0.578. The molecule has 0 amide bonds. The molecule has 19 heavy (non-hydrogen) atoms. The van der Waals surface area contributed by atoms with Crippen molar-refractivity contribution in [2.24, 2.45) is 0 Å². The van der Waals surface area contributed by atoms with Crippen molar-refractivity contribution in [2.45, 2.75) is 20.8 Å². The summed E-state index contributed by atoms with van der Waals surface area (Å²) < 4.78 is 0. The second kappa shape index (κ2) is 5.66. The maximum absolute atomic E-state index is 12.2. The van der Waals surface area contributed by atoms with Gasteiger partial charge in [-0.3, -0.25) is 4.79 Å². The molecule has 0 radical (unpaired) electrons. The first-order valence-corrected chi connectivity index (χ1v) is 6.43. The molecule has 0 fully saturated rings. The van der Waals surface area contributed by atoms with Gasteiger partial charge >= 0.3 is 0 Å². The van der Waals surface area contributed by atoms with Crippen LogP contribution in [-0.4, -0.2) is 5.78 Å². The van der Waals surface area contributed by atoms with E-state index in [1.54, 1.807) is 6.08 Å². The van der Waals surface area contributed by atoms with Gasteiger partial charge in [-0.15, -0.1) is 0 Å². The van der Waals surface area contributed by atoms with Crippen molar-refractivity contribution < 1.29 is 4.79 Å². The van der Waals surface area contributed by atoms with Crippen LogP contribution < -0.4 is 0 Å². The fraction of sp³-hybridized carbons (Fsp3) is 0.167. The van der Waals surface area contributed by atoms with Crippen LogP contribution in [0.1, 0.15) is 32.6 Å². The summed E-state index contributed by atoms with van der Waals surface area (Å²) in [6.45, 7) is 6.08. The maximum atomic E-state index is 12.2. The van der Waals surface area contributed by atoms with Gasteiger partial charge in [0.25, 0.3) is 0 Å². The number of carbonyl (C=O) groups excluding carboxylic acids is 1. The van der Waals surface area contributed by atoms with E-state index < -0.39 is 0 Å². The lowest BCUT2D eigenvalue weighted by Gasteiger charge is -2.06. The molecule has 0 saturated heterocycles. The molecule has 0 aliphatic heterocycles. The van der Waals surface area contributed by atoms with Crippen LogP contribution in [0.3, 0.4) is 0 Å². The van der Waals surface area contributed by atoms with Gasteiger partial charge in [-0.05, 0) is 55.2 Å². The van der Waals surface area contributed by atoms with Crippen LogP contribution in [0.4, 0.5) is 0 Å². The predicted molar refractivity (Wildman–Crippen MR) is 80.5 cm³/mol. The van der Waals surface area contributed by atoms with E-state index in [-0.39, 0.29) is 5.78 Å². The van der Waals surface area contributed by atoms with Gasteiger partial charge in [0.2, 0.25) is 0 Å². The van der Waals surface area contributed by atoms with Crippen molar-refractivity contribution in [3.05, 3.63) is 76.4 Å². The molecular formula is C18H18O. The molecule has 1 heteroatoms. The van der Waals surface area contributed by atoms with E-state index in [1.165, 1.54) is 5.56 Å². The fourth-order valence-corrected chi connectivity index (χ4v) is 2.05. The number of hydrogen-bond acceptors (Lipinski definition) is 1. The summed E-state index contributed by atoms with van der Waals surface area (Å²) in [5.41, 5.74) is 5.24. The molecule has 0 saturated carbocycles. The number of hydrogen-bond donors (Lipinski definition) is 0. The van der Waals surface area contributed by atoms with Gasteiger partial charge in [0.05, 0.1) is 0 Å². The van der Waals surface area contributed by atoms with Crippen LogP contribution in [0.5, 0.6) is 0 Å². The highest BCUT2D eigenvalue weighted by molar-refractivity contribution is 6.07. The molecule has 0 aliphatic rings. The maximum Gasteiger partial charge on any atom is 0.186 e. The minimum absolute atomic E-state index is 0.0597. The third-order valence-electron chi connectivity index (χ3n) is 3.33. The third-order valence-corrected chi connectivity index (χ3v) is 3.33. The molecule has 0 bridgehead atoms. The van der Waals surface area contributed by atoms with Crippen molar-refractivity contribution in [3.8, 4) is 0 Å². The van der Waals surface area contributed by atoms with Gasteiger partial charge in [-0.2, -0.15) is 0 Å². The molecule has 0 atom stereocenters. The van der Waals surface area contributed by atoms with E-state index in [0.717, 1.165) is 22.3 Å². The Kier molecular flexibility index (Phi) is 3.96. The van der Waals surface area contributed by atoms with Gasteiger partial charge in [0.15, 0.2) is 5.78 Å². The molecule has 0 spiro atoms. The average Bonchev–Trinajstić information content (AvgIpc) is 2.41. The van der Waals surface area contributed by atoms with Crippen LogP contribution in [0.15, 0.2) is 48.5 Å². The highest BCUT2D eigenvalue weighted by Gasteiger charge is 2.07. The van der Waals surface area contributed by atoms with Gasteiger partial charge in [-0.25, -0.2) is 0 Å². The Hall–Kier alpha value is -2.15. The highest BCUT2D eigenvalue weighted by atomic mass is 16.1. The van der Waals surface area contributed by atoms with Gasteiger partial charge in [0, 0.05) is 5.56 Å². The van der Waals surface area contributed by atoms with Gasteiger partial charge in [-0.1, -0.05) is 42.5 Å². The molecule has 0 N–H and O–H groups in total. The summed E-state index contributed by atoms with van der Waals surface area (Å²) in [5.74, 6) is 0.0597. The molecule has 0 heterocycles. The van der Waals surface area contributed by atoms with Crippen LogP contribution in [0, 0.1) is 20.8 Å². The first kappa shape index (κ1) is 13.3. The zero-order valence-corrected chi connectivity index (χ0v) is 11.6. The zero-order chi connectivity index (χ0) is 13.8. The topological polar surface area (TPSA) is 17.1 Å². The number of benzene rings is 2. The number of rotatable bonds is 3. The molecular weight excluding hydrogens is 232 g/mol. The largest absolute Gasteiger partial charge is 0.289 e. The summed E-state index contributed by atoms with van der Waals surface area (Å²) in [7, 11) is 0. The van der Waals surface area contributed by atoms with Crippen molar-refractivity contribution in [2.75, 3.05) is 0 Å². The molecule has 1 nitrogen and oxygen atoms in total. The minimum atomic E-state index is 0.0597. The van der Waals surface area contributed by atoms with Crippen molar-refractivity contribution in [1.82, 2.24) is 0 Å². The van der Waals surface area contributed by atoms with E-state index >= 15 is 0 Å². The summed E-state index contributed by atoms with van der Waals surface area (Å²) in [5, 5.41) is 0. The van der Waals surface area contributed by atoms with E-state index in [1.807, 2.05) is 56.3 Å². The van der Waals surface area contributed by atoms with Crippen molar-refractivity contribution in [1.29, 1.82) is 0 Å².